The Hall–Kier alpha value is -4.40. The zero-order valence-corrected chi connectivity index (χ0v) is 16.6. The number of fused-ring (bicyclic) bond motifs is 1. The van der Waals surface area contributed by atoms with E-state index in [4.69, 9.17) is 0 Å². The fourth-order valence-corrected chi connectivity index (χ4v) is 3.74. The van der Waals surface area contributed by atoms with Crippen molar-refractivity contribution in [2.24, 2.45) is 0 Å². The van der Waals surface area contributed by atoms with Gasteiger partial charge in [-0.25, -0.2) is 4.79 Å². The molecule has 1 aliphatic heterocycles. The van der Waals surface area contributed by atoms with E-state index in [-0.39, 0.29) is 11.9 Å². The van der Waals surface area contributed by atoms with Crippen LogP contribution in [0.3, 0.4) is 0 Å². The Morgan fingerprint density at radius 1 is 1.03 bits per heavy atom. The Morgan fingerprint density at radius 2 is 1.87 bits per heavy atom. The largest absolute Gasteiger partial charge is 0.327 e. The van der Waals surface area contributed by atoms with Crippen molar-refractivity contribution < 1.29 is 9.59 Å². The van der Waals surface area contributed by atoms with Crippen LogP contribution in [0.15, 0.2) is 72.3 Å². The number of urea groups is 1. The van der Waals surface area contributed by atoms with Crippen LogP contribution in [0.2, 0.25) is 0 Å². The third-order valence-corrected chi connectivity index (χ3v) is 5.29. The van der Waals surface area contributed by atoms with Crippen molar-refractivity contribution in [3.05, 3.63) is 77.9 Å². The molecule has 9 heteroatoms. The quantitative estimate of drug-likeness (QED) is 0.352. The normalized spacial score (nSPS) is 16.2. The number of nitrogens with zero attached hydrogens (tertiary/aromatic N) is 2. The molecule has 1 aliphatic rings. The number of carbonyl (C=O) groups excluding carboxylic acids is 2. The van der Waals surface area contributed by atoms with Gasteiger partial charge in [0.15, 0.2) is 0 Å². The van der Waals surface area contributed by atoms with Gasteiger partial charge >= 0.3 is 6.03 Å². The van der Waals surface area contributed by atoms with Crippen LogP contribution in [0.5, 0.6) is 0 Å². The topological polar surface area (TPSA) is 128 Å². The van der Waals surface area contributed by atoms with Crippen LogP contribution in [-0.2, 0) is 4.79 Å². The lowest BCUT2D eigenvalue weighted by atomic mass is 9.93. The molecule has 0 saturated heterocycles. The van der Waals surface area contributed by atoms with Crippen molar-refractivity contribution >= 4 is 28.5 Å². The first-order valence-electron chi connectivity index (χ1n) is 9.70. The highest BCUT2D eigenvalue weighted by Gasteiger charge is 2.31. The summed E-state index contributed by atoms with van der Waals surface area (Å²) in [5, 5.41) is 23.0. The fraction of sp³-hybridized carbons (Fsp3) is 0.0909. The SMILES string of the molecule is CC1=C(C(=O)Nc2ccc3[nH]ncc3c2)C(c2ccc(-c3cn[nH]c3)cc2)NC(=O)N1. The summed E-state index contributed by atoms with van der Waals surface area (Å²) in [5.74, 6) is -0.295. The number of allylic oxidation sites excluding steroid dienone is 1. The summed E-state index contributed by atoms with van der Waals surface area (Å²) in [4.78, 5) is 25.3. The molecule has 1 atom stereocenters. The molecular weight excluding hydrogens is 394 g/mol. The number of benzene rings is 2. The van der Waals surface area contributed by atoms with Gasteiger partial charge in [-0.3, -0.25) is 15.0 Å². The minimum Gasteiger partial charge on any atom is -0.327 e. The van der Waals surface area contributed by atoms with Crippen molar-refractivity contribution in [3.63, 3.8) is 0 Å². The monoisotopic (exact) mass is 413 g/mol. The smallest absolute Gasteiger partial charge is 0.319 e. The summed E-state index contributed by atoms with van der Waals surface area (Å²) in [7, 11) is 0. The minimum atomic E-state index is -0.579. The maximum Gasteiger partial charge on any atom is 0.319 e. The number of hydrogen-bond donors (Lipinski definition) is 5. The Bertz CT molecular complexity index is 1300. The molecule has 3 heterocycles. The molecule has 3 amide bonds. The molecule has 0 saturated carbocycles. The maximum atomic E-state index is 13.2. The molecular formula is C22H19N7O2. The molecule has 0 fully saturated rings. The summed E-state index contributed by atoms with van der Waals surface area (Å²) >= 11 is 0. The molecule has 31 heavy (non-hydrogen) atoms. The third-order valence-electron chi connectivity index (χ3n) is 5.29. The van der Waals surface area contributed by atoms with Gasteiger partial charge in [0.25, 0.3) is 5.91 Å². The van der Waals surface area contributed by atoms with Gasteiger partial charge in [0.1, 0.15) is 0 Å². The lowest BCUT2D eigenvalue weighted by Gasteiger charge is -2.28. The zero-order chi connectivity index (χ0) is 21.4. The summed E-state index contributed by atoms with van der Waals surface area (Å²) in [6.07, 6.45) is 5.24. The first-order valence-corrected chi connectivity index (χ1v) is 9.70. The highest BCUT2D eigenvalue weighted by atomic mass is 16.2. The Kier molecular flexibility index (Phi) is 4.47. The van der Waals surface area contributed by atoms with Crippen molar-refractivity contribution in [2.45, 2.75) is 13.0 Å². The van der Waals surface area contributed by atoms with Crippen LogP contribution >= 0.6 is 0 Å². The molecule has 2 aromatic heterocycles. The van der Waals surface area contributed by atoms with Crippen LogP contribution in [0.1, 0.15) is 18.5 Å². The van der Waals surface area contributed by atoms with E-state index in [2.05, 4.69) is 36.3 Å². The van der Waals surface area contributed by atoms with Gasteiger partial charge in [0, 0.05) is 28.5 Å². The van der Waals surface area contributed by atoms with E-state index in [0.29, 0.717) is 17.0 Å². The number of rotatable bonds is 4. The summed E-state index contributed by atoms with van der Waals surface area (Å²) in [5.41, 5.74) is 5.23. The van der Waals surface area contributed by atoms with E-state index in [1.54, 1.807) is 31.6 Å². The van der Waals surface area contributed by atoms with E-state index in [9.17, 15) is 9.59 Å². The zero-order valence-electron chi connectivity index (χ0n) is 16.6. The average Bonchev–Trinajstić information content (AvgIpc) is 3.45. The van der Waals surface area contributed by atoms with E-state index in [1.807, 2.05) is 36.4 Å². The van der Waals surface area contributed by atoms with Gasteiger partial charge in [-0.1, -0.05) is 24.3 Å². The summed E-state index contributed by atoms with van der Waals surface area (Å²) < 4.78 is 0. The molecule has 5 rings (SSSR count). The molecule has 5 N–H and O–H groups in total. The number of anilines is 1. The molecule has 154 valence electrons. The Balaban J connectivity index is 1.45. The number of nitrogens with one attached hydrogen (secondary N) is 5. The lowest BCUT2D eigenvalue weighted by molar-refractivity contribution is -0.113. The van der Waals surface area contributed by atoms with E-state index in [1.165, 1.54) is 0 Å². The predicted octanol–water partition coefficient (Wildman–Crippen LogP) is 3.22. The fourth-order valence-electron chi connectivity index (χ4n) is 3.74. The second-order valence-electron chi connectivity index (χ2n) is 7.31. The van der Waals surface area contributed by atoms with Gasteiger partial charge in [0.05, 0.1) is 29.5 Å². The second kappa shape index (κ2) is 7.45. The van der Waals surface area contributed by atoms with Crippen molar-refractivity contribution in [1.82, 2.24) is 31.0 Å². The molecule has 2 aromatic carbocycles. The van der Waals surface area contributed by atoms with E-state index >= 15 is 0 Å². The van der Waals surface area contributed by atoms with Crippen molar-refractivity contribution in [3.8, 4) is 11.1 Å². The predicted molar refractivity (Wildman–Crippen MR) is 116 cm³/mol. The van der Waals surface area contributed by atoms with Crippen LogP contribution in [0.4, 0.5) is 10.5 Å². The van der Waals surface area contributed by atoms with Crippen LogP contribution in [0, 0.1) is 0 Å². The second-order valence-corrected chi connectivity index (χ2v) is 7.31. The number of aromatic amines is 2. The maximum absolute atomic E-state index is 13.2. The molecule has 9 nitrogen and oxygen atoms in total. The number of hydrogen-bond acceptors (Lipinski definition) is 4. The van der Waals surface area contributed by atoms with Gasteiger partial charge in [0.2, 0.25) is 0 Å². The number of carbonyl (C=O) groups is 2. The molecule has 0 radical (unpaired) electrons. The Morgan fingerprint density at radius 3 is 2.65 bits per heavy atom. The molecule has 0 aliphatic carbocycles. The molecule has 0 spiro atoms. The highest BCUT2D eigenvalue weighted by molar-refractivity contribution is 6.07. The third kappa shape index (κ3) is 3.52. The molecule has 1 unspecified atom stereocenters. The van der Waals surface area contributed by atoms with Gasteiger partial charge < -0.3 is 16.0 Å². The lowest BCUT2D eigenvalue weighted by Crippen LogP contribution is -2.45. The minimum absolute atomic E-state index is 0.295. The standard InChI is InChI=1S/C22H19N7O2/c1-12-19(21(30)27-17-6-7-18-15(8-17)9-25-29-18)20(28-22(31)26-12)14-4-2-13(3-5-14)16-10-23-24-11-16/h2-11,20H,1H3,(H,23,24)(H,25,29)(H,27,30)(H2,26,28,31). The van der Waals surface area contributed by atoms with E-state index < -0.39 is 6.04 Å². The molecule has 0 bridgehead atoms. The number of aromatic nitrogens is 4. The van der Waals surface area contributed by atoms with Crippen molar-refractivity contribution in [2.75, 3.05) is 5.32 Å². The van der Waals surface area contributed by atoms with Crippen LogP contribution in [-0.4, -0.2) is 32.3 Å². The van der Waals surface area contributed by atoms with Gasteiger partial charge in [-0.05, 0) is 36.2 Å². The van der Waals surface area contributed by atoms with E-state index in [0.717, 1.165) is 27.6 Å². The van der Waals surface area contributed by atoms with Crippen LogP contribution in [0.25, 0.3) is 22.0 Å². The van der Waals surface area contributed by atoms with Crippen LogP contribution < -0.4 is 16.0 Å². The first kappa shape index (κ1) is 18.6. The first-order chi connectivity index (χ1) is 15.1. The molecule has 4 aromatic rings. The van der Waals surface area contributed by atoms with Gasteiger partial charge in [-0.15, -0.1) is 0 Å². The van der Waals surface area contributed by atoms with Gasteiger partial charge in [-0.2, -0.15) is 10.2 Å². The summed E-state index contributed by atoms with van der Waals surface area (Å²) in [6, 6.07) is 12.2. The number of H-pyrrole nitrogens is 2. The van der Waals surface area contributed by atoms with Crippen molar-refractivity contribution in [1.29, 1.82) is 0 Å². The average molecular weight is 413 g/mol. The highest BCUT2D eigenvalue weighted by Crippen LogP contribution is 2.30. The number of amides is 3. The Labute approximate surface area is 176 Å². The summed E-state index contributed by atoms with van der Waals surface area (Å²) in [6.45, 7) is 1.72.